The fraction of sp³-hybridized carbons (Fsp3) is 0.419. The molecule has 3 aromatic heterocycles. The molecular weight excluding hydrogens is 536 g/mol. The lowest BCUT2D eigenvalue weighted by atomic mass is 10.0. The van der Waals surface area contributed by atoms with Crippen molar-refractivity contribution in [2.75, 3.05) is 19.9 Å². The fourth-order valence-electron chi connectivity index (χ4n) is 5.27. The molecule has 1 aliphatic heterocycles. The molecule has 1 saturated heterocycles. The highest BCUT2D eigenvalue weighted by atomic mass is 32.1. The van der Waals surface area contributed by atoms with Gasteiger partial charge in [0.25, 0.3) is 0 Å². The summed E-state index contributed by atoms with van der Waals surface area (Å²) in [7, 11) is 0. The SMILES string of the molecule is Cc1ncsc1-c1ccc([C@H](C)NC(=O)[C@@H]2C[C@@H](O)CN2COC[C@H](C(C)C)n2cc(-c3ccncc3)cn2)cc1. The standard InChI is InChI=1S/C31H38N6O3S/c1-20(2)29(37-15-26(14-34-37)24-9-11-32-12-10-24)17-40-19-36-16-27(38)13-28(36)31(39)35-21(3)23-5-7-25(8-6-23)30-22(4)33-18-41-30/h5-12,14-15,18,20-21,27-29,38H,13,16-17,19H2,1-4H3,(H,35,39)/t21-,27+,28-,29+/m0/s1. The van der Waals surface area contributed by atoms with Crippen molar-refractivity contribution in [3.63, 3.8) is 0 Å². The number of carbonyl (C=O) groups is 1. The van der Waals surface area contributed by atoms with Crippen molar-refractivity contribution in [3.8, 4) is 21.6 Å². The average molecular weight is 575 g/mol. The van der Waals surface area contributed by atoms with E-state index in [0.29, 0.717) is 19.6 Å². The molecule has 0 radical (unpaired) electrons. The zero-order valence-corrected chi connectivity index (χ0v) is 24.8. The number of benzene rings is 1. The highest BCUT2D eigenvalue weighted by molar-refractivity contribution is 7.13. The minimum absolute atomic E-state index is 0.0298. The lowest BCUT2D eigenvalue weighted by molar-refractivity contribution is -0.128. The Morgan fingerprint density at radius 2 is 1.88 bits per heavy atom. The molecule has 1 aliphatic rings. The van der Waals surface area contributed by atoms with Gasteiger partial charge >= 0.3 is 0 Å². The van der Waals surface area contributed by atoms with Gasteiger partial charge in [0.05, 0.1) is 59.8 Å². The quantitative estimate of drug-likeness (QED) is 0.264. The number of nitrogens with one attached hydrogen (secondary N) is 1. The van der Waals surface area contributed by atoms with Crippen LogP contribution in [0.5, 0.6) is 0 Å². The molecule has 0 spiro atoms. The molecule has 41 heavy (non-hydrogen) atoms. The van der Waals surface area contributed by atoms with Crippen molar-refractivity contribution in [2.24, 2.45) is 5.92 Å². The molecule has 9 nitrogen and oxygen atoms in total. The van der Waals surface area contributed by atoms with Gasteiger partial charge in [0.2, 0.25) is 5.91 Å². The van der Waals surface area contributed by atoms with Crippen LogP contribution in [0.3, 0.4) is 0 Å². The van der Waals surface area contributed by atoms with Crippen molar-refractivity contribution in [2.45, 2.75) is 58.3 Å². The topological polar surface area (TPSA) is 105 Å². The summed E-state index contributed by atoms with van der Waals surface area (Å²) in [6.07, 6.45) is 7.25. The number of ether oxygens (including phenoxy) is 1. The monoisotopic (exact) mass is 574 g/mol. The van der Waals surface area contributed by atoms with Crippen molar-refractivity contribution in [1.82, 2.24) is 30.0 Å². The van der Waals surface area contributed by atoms with Gasteiger partial charge in [-0.05, 0) is 55.0 Å². The third-order valence-electron chi connectivity index (χ3n) is 7.73. The van der Waals surface area contributed by atoms with Gasteiger partial charge in [0.1, 0.15) is 0 Å². The minimum Gasteiger partial charge on any atom is -0.392 e. The Kier molecular flexibility index (Phi) is 9.24. The zero-order valence-electron chi connectivity index (χ0n) is 24.0. The fourth-order valence-corrected chi connectivity index (χ4v) is 6.08. The lowest BCUT2D eigenvalue weighted by Crippen LogP contribution is -2.45. The van der Waals surface area contributed by atoms with E-state index < -0.39 is 12.1 Å². The summed E-state index contributed by atoms with van der Waals surface area (Å²) in [5, 5.41) is 18.1. The summed E-state index contributed by atoms with van der Waals surface area (Å²) in [6, 6.07) is 11.6. The van der Waals surface area contributed by atoms with Crippen LogP contribution in [-0.4, -0.2) is 67.7 Å². The number of aromatic nitrogens is 4. The Hall–Kier alpha value is -3.44. The Morgan fingerprint density at radius 1 is 1.12 bits per heavy atom. The number of hydrogen-bond acceptors (Lipinski definition) is 8. The van der Waals surface area contributed by atoms with Gasteiger partial charge in [-0.1, -0.05) is 38.1 Å². The molecule has 0 bridgehead atoms. The van der Waals surface area contributed by atoms with Crippen molar-refractivity contribution < 1.29 is 14.6 Å². The van der Waals surface area contributed by atoms with Crippen LogP contribution in [0.1, 0.15) is 50.5 Å². The number of hydrogen-bond donors (Lipinski definition) is 2. The number of nitrogens with zero attached hydrogens (tertiary/aromatic N) is 5. The molecule has 1 aromatic carbocycles. The van der Waals surface area contributed by atoms with Gasteiger partial charge < -0.3 is 15.2 Å². The number of pyridine rings is 1. The third-order valence-corrected chi connectivity index (χ3v) is 8.71. The number of aliphatic hydroxyl groups excluding tert-OH is 1. The van der Waals surface area contributed by atoms with E-state index in [4.69, 9.17) is 4.74 Å². The van der Waals surface area contributed by atoms with Gasteiger partial charge in [0, 0.05) is 30.7 Å². The van der Waals surface area contributed by atoms with E-state index in [2.05, 4.69) is 46.4 Å². The molecule has 216 valence electrons. The molecular formula is C31H38N6O3S. The maximum atomic E-state index is 13.3. The number of carbonyl (C=O) groups excluding carboxylic acids is 1. The van der Waals surface area contributed by atoms with E-state index in [-0.39, 0.29) is 30.6 Å². The first-order valence-electron chi connectivity index (χ1n) is 14.1. The van der Waals surface area contributed by atoms with E-state index in [1.165, 1.54) is 0 Å². The van der Waals surface area contributed by atoms with Crippen LogP contribution in [0.4, 0.5) is 0 Å². The van der Waals surface area contributed by atoms with Crippen LogP contribution >= 0.6 is 11.3 Å². The van der Waals surface area contributed by atoms with Crippen molar-refractivity contribution in [3.05, 3.63) is 78.0 Å². The zero-order chi connectivity index (χ0) is 28.9. The molecule has 0 unspecified atom stereocenters. The summed E-state index contributed by atoms with van der Waals surface area (Å²) >= 11 is 1.62. The first-order valence-corrected chi connectivity index (χ1v) is 14.9. The largest absolute Gasteiger partial charge is 0.392 e. The number of β-amino-alcohol motifs (C(OH)–C–C–N with tert-alkyl or cyclic N) is 1. The van der Waals surface area contributed by atoms with Crippen molar-refractivity contribution >= 4 is 17.2 Å². The normalized spacial score (nSPS) is 19.0. The maximum absolute atomic E-state index is 13.3. The smallest absolute Gasteiger partial charge is 0.238 e. The second-order valence-electron chi connectivity index (χ2n) is 11.1. The molecule has 2 N–H and O–H groups in total. The first kappa shape index (κ1) is 29.1. The van der Waals surface area contributed by atoms with Crippen LogP contribution in [0.2, 0.25) is 0 Å². The number of aliphatic hydroxyl groups is 1. The van der Waals surface area contributed by atoms with Crippen LogP contribution < -0.4 is 5.32 Å². The number of aryl methyl sites for hydroxylation is 1. The molecule has 4 heterocycles. The Morgan fingerprint density at radius 3 is 2.56 bits per heavy atom. The van der Waals surface area contributed by atoms with E-state index in [1.54, 1.807) is 23.7 Å². The molecule has 10 heteroatoms. The van der Waals surface area contributed by atoms with Gasteiger partial charge in [-0.2, -0.15) is 5.10 Å². The third kappa shape index (κ3) is 6.90. The summed E-state index contributed by atoms with van der Waals surface area (Å²) in [5.74, 6) is 0.185. The number of thiazole rings is 1. The number of rotatable bonds is 11. The molecule has 4 atom stereocenters. The summed E-state index contributed by atoms with van der Waals surface area (Å²) in [4.78, 5) is 24.8. The molecule has 1 fully saturated rings. The van der Waals surface area contributed by atoms with Gasteiger partial charge in [-0.15, -0.1) is 11.3 Å². The first-order chi connectivity index (χ1) is 19.8. The van der Waals surface area contributed by atoms with E-state index in [0.717, 1.165) is 32.8 Å². The van der Waals surface area contributed by atoms with Gasteiger partial charge in [-0.25, -0.2) is 4.98 Å². The Bertz CT molecular complexity index is 1420. The second-order valence-corrected chi connectivity index (χ2v) is 11.9. The predicted octanol–water partition coefficient (Wildman–Crippen LogP) is 4.86. The van der Waals surface area contributed by atoms with E-state index in [9.17, 15) is 9.90 Å². The Labute approximate surface area is 245 Å². The maximum Gasteiger partial charge on any atom is 0.238 e. The van der Waals surface area contributed by atoms with Gasteiger partial charge in [-0.3, -0.25) is 19.4 Å². The number of amides is 1. The molecule has 0 saturated carbocycles. The van der Waals surface area contributed by atoms with Gasteiger partial charge in [0.15, 0.2) is 0 Å². The summed E-state index contributed by atoms with van der Waals surface area (Å²) in [6.45, 7) is 9.37. The van der Waals surface area contributed by atoms with Crippen LogP contribution in [-0.2, 0) is 9.53 Å². The number of likely N-dealkylation sites (tertiary alicyclic amines) is 1. The average Bonchev–Trinajstić information content (AvgIpc) is 3.71. The second kappa shape index (κ2) is 13.0. The Balaban J connectivity index is 1.17. The van der Waals surface area contributed by atoms with Crippen LogP contribution in [0.15, 0.2) is 66.7 Å². The molecule has 5 rings (SSSR count). The molecule has 4 aromatic rings. The summed E-state index contributed by atoms with van der Waals surface area (Å²) < 4.78 is 8.10. The highest BCUT2D eigenvalue weighted by Crippen LogP contribution is 2.29. The predicted molar refractivity (Wildman–Crippen MR) is 160 cm³/mol. The van der Waals surface area contributed by atoms with E-state index >= 15 is 0 Å². The molecule has 1 amide bonds. The summed E-state index contributed by atoms with van der Waals surface area (Å²) in [5.41, 5.74) is 7.11. The van der Waals surface area contributed by atoms with Crippen LogP contribution in [0, 0.1) is 12.8 Å². The van der Waals surface area contributed by atoms with Crippen LogP contribution in [0.25, 0.3) is 21.6 Å². The highest BCUT2D eigenvalue weighted by Gasteiger charge is 2.36. The minimum atomic E-state index is -0.568. The van der Waals surface area contributed by atoms with E-state index in [1.807, 2.05) is 65.6 Å². The van der Waals surface area contributed by atoms with Crippen molar-refractivity contribution in [1.29, 1.82) is 0 Å². The lowest BCUT2D eigenvalue weighted by Gasteiger charge is -2.27. The molecule has 0 aliphatic carbocycles.